The van der Waals surface area contributed by atoms with Crippen molar-refractivity contribution in [1.82, 2.24) is 9.88 Å². The Kier molecular flexibility index (Phi) is 6.21. The van der Waals surface area contributed by atoms with Crippen molar-refractivity contribution in [2.45, 2.75) is 26.7 Å². The lowest BCUT2D eigenvalue weighted by atomic mass is 10.3. The van der Waals surface area contributed by atoms with Gasteiger partial charge in [-0.15, -0.1) is 11.3 Å². The SMILES string of the molecule is CCCCN(CC(N)=O)C(=O)/C=C/c1csc(C)n1. The molecule has 0 unspecified atom stereocenters. The van der Waals surface area contributed by atoms with E-state index in [-0.39, 0.29) is 12.5 Å². The summed E-state index contributed by atoms with van der Waals surface area (Å²) < 4.78 is 0. The third-order valence-corrected chi connectivity index (χ3v) is 3.27. The normalized spacial score (nSPS) is 10.8. The highest BCUT2D eigenvalue weighted by atomic mass is 32.1. The largest absolute Gasteiger partial charge is 0.368 e. The number of carbonyl (C=O) groups excluding carboxylic acids is 2. The lowest BCUT2D eigenvalue weighted by Gasteiger charge is -2.18. The zero-order chi connectivity index (χ0) is 14.3. The quantitative estimate of drug-likeness (QED) is 0.771. The molecule has 0 fully saturated rings. The van der Waals surface area contributed by atoms with Crippen LogP contribution in [0.15, 0.2) is 11.5 Å². The maximum absolute atomic E-state index is 12.0. The Balaban J connectivity index is 2.64. The zero-order valence-corrected chi connectivity index (χ0v) is 12.1. The van der Waals surface area contributed by atoms with Crippen LogP contribution in [0.1, 0.15) is 30.5 Å². The second-order valence-corrected chi connectivity index (χ2v) is 5.27. The first-order valence-electron chi connectivity index (χ1n) is 6.20. The molecule has 1 heterocycles. The first kappa shape index (κ1) is 15.4. The highest BCUT2D eigenvalue weighted by Crippen LogP contribution is 2.09. The maximum Gasteiger partial charge on any atom is 0.247 e. The molecule has 2 N–H and O–H groups in total. The highest BCUT2D eigenvalue weighted by molar-refractivity contribution is 7.09. The standard InChI is InChI=1S/C13H19N3O2S/c1-3-4-7-16(8-12(14)17)13(18)6-5-11-9-19-10(2)15-11/h5-6,9H,3-4,7-8H2,1-2H3,(H2,14,17)/b6-5+. The minimum Gasteiger partial charge on any atom is -0.368 e. The number of thiazole rings is 1. The molecule has 0 saturated carbocycles. The molecule has 104 valence electrons. The van der Waals surface area contributed by atoms with Gasteiger partial charge in [0, 0.05) is 18.0 Å². The molecule has 5 nitrogen and oxygen atoms in total. The minimum atomic E-state index is -0.498. The number of nitrogens with zero attached hydrogens (tertiary/aromatic N) is 2. The molecule has 0 radical (unpaired) electrons. The van der Waals surface area contributed by atoms with Gasteiger partial charge in [0.25, 0.3) is 0 Å². The molecular weight excluding hydrogens is 262 g/mol. The van der Waals surface area contributed by atoms with E-state index in [9.17, 15) is 9.59 Å². The summed E-state index contributed by atoms with van der Waals surface area (Å²) in [5.41, 5.74) is 5.90. The van der Waals surface area contributed by atoms with Crippen LogP contribution in [0.3, 0.4) is 0 Å². The molecule has 0 aromatic carbocycles. The molecule has 19 heavy (non-hydrogen) atoms. The summed E-state index contributed by atoms with van der Waals surface area (Å²) in [7, 11) is 0. The summed E-state index contributed by atoms with van der Waals surface area (Å²) in [5.74, 6) is -0.708. The molecule has 0 aliphatic rings. The number of aromatic nitrogens is 1. The fourth-order valence-electron chi connectivity index (χ4n) is 1.52. The van der Waals surface area contributed by atoms with E-state index in [1.54, 1.807) is 6.08 Å². The smallest absolute Gasteiger partial charge is 0.247 e. The maximum atomic E-state index is 12.0. The van der Waals surface area contributed by atoms with E-state index in [2.05, 4.69) is 4.98 Å². The van der Waals surface area contributed by atoms with Crippen molar-refractivity contribution in [3.8, 4) is 0 Å². The number of amides is 2. The third-order valence-electron chi connectivity index (χ3n) is 2.47. The van der Waals surface area contributed by atoms with Crippen LogP contribution in [0, 0.1) is 6.92 Å². The molecule has 0 aliphatic carbocycles. The number of hydrogen-bond donors (Lipinski definition) is 1. The fourth-order valence-corrected chi connectivity index (χ4v) is 2.10. The van der Waals surface area contributed by atoms with Gasteiger partial charge >= 0.3 is 0 Å². The predicted molar refractivity (Wildman–Crippen MR) is 76.6 cm³/mol. The molecular formula is C13H19N3O2S. The summed E-state index contributed by atoms with van der Waals surface area (Å²) >= 11 is 1.53. The molecule has 1 rings (SSSR count). The second kappa shape index (κ2) is 7.68. The first-order chi connectivity index (χ1) is 9.02. The van der Waals surface area contributed by atoms with Crippen molar-refractivity contribution in [1.29, 1.82) is 0 Å². The fraction of sp³-hybridized carbons (Fsp3) is 0.462. The average molecular weight is 281 g/mol. The number of unbranched alkanes of at least 4 members (excludes halogenated alkanes) is 1. The lowest BCUT2D eigenvalue weighted by Crippen LogP contribution is -2.38. The zero-order valence-electron chi connectivity index (χ0n) is 11.3. The van der Waals surface area contributed by atoms with Gasteiger partial charge in [-0.1, -0.05) is 13.3 Å². The van der Waals surface area contributed by atoms with Gasteiger partial charge < -0.3 is 10.6 Å². The summed E-state index contributed by atoms with van der Waals surface area (Å²) in [6.07, 6.45) is 4.90. The van der Waals surface area contributed by atoms with Gasteiger partial charge in [0.15, 0.2) is 0 Å². The summed E-state index contributed by atoms with van der Waals surface area (Å²) in [4.78, 5) is 28.6. The first-order valence-corrected chi connectivity index (χ1v) is 7.08. The number of rotatable bonds is 7. The topological polar surface area (TPSA) is 76.3 Å². The Morgan fingerprint density at radius 3 is 2.79 bits per heavy atom. The van der Waals surface area contributed by atoms with E-state index >= 15 is 0 Å². The van der Waals surface area contributed by atoms with Gasteiger partial charge in [0.1, 0.15) is 0 Å². The van der Waals surface area contributed by atoms with Crippen LogP contribution in [-0.4, -0.2) is 34.8 Å². The number of hydrogen-bond acceptors (Lipinski definition) is 4. The van der Waals surface area contributed by atoms with E-state index in [0.717, 1.165) is 23.5 Å². The van der Waals surface area contributed by atoms with Crippen LogP contribution in [0.25, 0.3) is 6.08 Å². The number of primary amides is 1. The van der Waals surface area contributed by atoms with E-state index in [1.165, 1.54) is 22.3 Å². The minimum absolute atomic E-state index is 0.0424. The number of carbonyl (C=O) groups is 2. The lowest BCUT2D eigenvalue weighted by molar-refractivity contribution is -0.131. The molecule has 0 spiro atoms. The molecule has 0 bridgehead atoms. The average Bonchev–Trinajstić information content (AvgIpc) is 2.77. The van der Waals surface area contributed by atoms with Gasteiger partial charge in [-0.3, -0.25) is 9.59 Å². The van der Waals surface area contributed by atoms with Crippen molar-refractivity contribution in [2.75, 3.05) is 13.1 Å². The van der Waals surface area contributed by atoms with Crippen molar-refractivity contribution < 1.29 is 9.59 Å². The second-order valence-electron chi connectivity index (χ2n) is 4.20. The molecule has 0 aliphatic heterocycles. The van der Waals surface area contributed by atoms with Crippen LogP contribution in [0.5, 0.6) is 0 Å². The van der Waals surface area contributed by atoms with Gasteiger partial charge in [-0.05, 0) is 19.4 Å². The van der Waals surface area contributed by atoms with E-state index in [4.69, 9.17) is 5.73 Å². The van der Waals surface area contributed by atoms with E-state index < -0.39 is 5.91 Å². The van der Waals surface area contributed by atoms with Crippen molar-refractivity contribution in [2.24, 2.45) is 5.73 Å². The summed E-state index contributed by atoms with van der Waals surface area (Å²) in [6.45, 7) is 4.43. The highest BCUT2D eigenvalue weighted by Gasteiger charge is 2.12. The summed E-state index contributed by atoms with van der Waals surface area (Å²) in [6, 6.07) is 0. The Morgan fingerprint density at radius 1 is 1.53 bits per heavy atom. The molecule has 1 aromatic heterocycles. The van der Waals surface area contributed by atoms with Crippen LogP contribution >= 0.6 is 11.3 Å². The summed E-state index contributed by atoms with van der Waals surface area (Å²) in [5, 5.41) is 2.83. The monoisotopic (exact) mass is 281 g/mol. The van der Waals surface area contributed by atoms with Crippen molar-refractivity contribution >= 4 is 29.2 Å². The van der Waals surface area contributed by atoms with Gasteiger partial charge in [-0.25, -0.2) is 4.98 Å². The Morgan fingerprint density at radius 2 is 2.26 bits per heavy atom. The number of aryl methyl sites for hydroxylation is 1. The van der Waals surface area contributed by atoms with Crippen molar-refractivity contribution in [3.63, 3.8) is 0 Å². The number of nitrogens with two attached hydrogens (primary N) is 1. The van der Waals surface area contributed by atoms with Crippen LogP contribution in [0.2, 0.25) is 0 Å². The predicted octanol–water partition coefficient (Wildman–Crippen LogP) is 1.58. The molecule has 6 heteroatoms. The van der Waals surface area contributed by atoms with Gasteiger partial charge in [0.2, 0.25) is 11.8 Å². The van der Waals surface area contributed by atoms with E-state index in [0.29, 0.717) is 6.54 Å². The Bertz CT molecular complexity index is 468. The van der Waals surface area contributed by atoms with Gasteiger partial charge in [0.05, 0.1) is 17.2 Å². The molecule has 2 amide bonds. The van der Waals surface area contributed by atoms with Gasteiger partial charge in [-0.2, -0.15) is 0 Å². The molecule has 0 saturated heterocycles. The molecule has 0 atom stereocenters. The van der Waals surface area contributed by atoms with E-state index in [1.807, 2.05) is 19.2 Å². The van der Waals surface area contributed by atoms with Crippen LogP contribution in [-0.2, 0) is 9.59 Å². The van der Waals surface area contributed by atoms with Crippen LogP contribution < -0.4 is 5.73 Å². The third kappa shape index (κ3) is 5.65. The molecule has 1 aromatic rings. The van der Waals surface area contributed by atoms with Crippen LogP contribution in [0.4, 0.5) is 0 Å². The Labute approximate surface area is 117 Å². The van der Waals surface area contributed by atoms with Crippen molar-refractivity contribution in [3.05, 3.63) is 22.2 Å². The Hall–Kier alpha value is -1.69.